The van der Waals surface area contributed by atoms with Gasteiger partial charge in [-0.2, -0.15) is 0 Å². The van der Waals surface area contributed by atoms with E-state index in [4.69, 9.17) is 16.3 Å². The Hall–Kier alpha value is -0.570. The lowest BCUT2D eigenvalue weighted by atomic mass is 9.90. The van der Waals surface area contributed by atoms with E-state index < -0.39 is 5.60 Å². The van der Waals surface area contributed by atoms with Crippen LogP contribution in [0.4, 0.5) is 0 Å². The monoisotopic (exact) mass is 212 g/mol. The first-order valence-electron chi connectivity index (χ1n) is 4.60. The van der Waals surface area contributed by atoms with Crippen molar-refractivity contribution in [3.8, 4) is 0 Å². The minimum Gasteiger partial charge on any atom is -0.380 e. The maximum atomic E-state index is 10.1. The molecule has 1 fully saturated rings. The van der Waals surface area contributed by atoms with E-state index in [1.54, 1.807) is 0 Å². The molecule has 1 N–H and O–H groups in total. The van der Waals surface area contributed by atoms with E-state index in [-0.39, 0.29) is 0 Å². The molecule has 3 heteroatoms. The van der Waals surface area contributed by atoms with Gasteiger partial charge >= 0.3 is 0 Å². The first-order chi connectivity index (χ1) is 6.53. The Morgan fingerprint density at radius 2 is 1.79 bits per heavy atom. The summed E-state index contributed by atoms with van der Waals surface area (Å²) < 4.78 is 5.02. The van der Waals surface area contributed by atoms with Gasteiger partial charge in [-0.25, -0.2) is 0 Å². The fraction of sp³-hybridized carbons (Fsp3) is 0.455. The number of rotatable bonds is 1. The first-order valence-corrected chi connectivity index (χ1v) is 4.98. The normalized spacial score (nSPS) is 19.1. The van der Waals surface area contributed by atoms with Crippen LogP contribution >= 0.6 is 11.6 Å². The second-order valence-electron chi connectivity index (χ2n) is 3.95. The topological polar surface area (TPSA) is 29.5 Å². The number of aryl methyl sites for hydroxylation is 2. The van der Waals surface area contributed by atoms with Crippen LogP contribution in [0.25, 0.3) is 0 Å². The highest BCUT2D eigenvalue weighted by molar-refractivity contribution is 6.32. The molecule has 76 valence electrons. The fourth-order valence-corrected chi connectivity index (χ4v) is 1.79. The van der Waals surface area contributed by atoms with Crippen molar-refractivity contribution >= 4 is 11.6 Å². The minimum absolute atomic E-state index is 0.382. The predicted octanol–water partition coefficient (Wildman–Crippen LogP) is 2.17. The molecule has 1 aromatic carbocycles. The molecular weight excluding hydrogens is 200 g/mol. The average Bonchev–Trinajstić information content (AvgIpc) is 2.09. The summed E-state index contributed by atoms with van der Waals surface area (Å²) in [6, 6.07) is 3.86. The van der Waals surface area contributed by atoms with Crippen molar-refractivity contribution in [2.75, 3.05) is 13.2 Å². The van der Waals surface area contributed by atoms with Gasteiger partial charge in [0.1, 0.15) is 5.60 Å². The molecule has 1 aliphatic rings. The van der Waals surface area contributed by atoms with Gasteiger partial charge in [-0.05, 0) is 30.5 Å². The van der Waals surface area contributed by atoms with Gasteiger partial charge in [-0.15, -0.1) is 0 Å². The van der Waals surface area contributed by atoms with Crippen LogP contribution in [0, 0.1) is 13.8 Å². The minimum atomic E-state index is -0.792. The zero-order valence-electron chi connectivity index (χ0n) is 8.30. The van der Waals surface area contributed by atoms with Gasteiger partial charge in [0, 0.05) is 5.02 Å². The molecule has 14 heavy (non-hydrogen) atoms. The average molecular weight is 213 g/mol. The molecule has 0 atom stereocenters. The van der Waals surface area contributed by atoms with Crippen molar-refractivity contribution in [3.05, 3.63) is 33.8 Å². The smallest absolute Gasteiger partial charge is 0.136 e. The second kappa shape index (κ2) is 3.23. The van der Waals surface area contributed by atoms with Gasteiger partial charge < -0.3 is 9.84 Å². The van der Waals surface area contributed by atoms with Crippen LogP contribution < -0.4 is 0 Å². The third-order valence-corrected chi connectivity index (χ3v) is 3.25. The summed E-state index contributed by atoms with van der Waals surface area (Å²) in [5.74, 6) is 0. The van der Waals surface area contributed by atoms with Crippen molar-refractivity contribution in [1.82, 2.24) is 0 Å². The number of halogens is 1. The predicted molar refractivity (Wildman–Crippen MR) is 55.6 cm³/mol. The van der Waals surface area contributed by atoms with E-state index in [2.05, 4.69) is 0 Å². The van der Waals surface area contributed by atoms with Crippen molar-refractivity contribution in [2.24, 2.45) is 0 Å². The quantitative estimate of drug-likeness (QED) is 0.773. The molecule has 1 aromatic rings. The second-order valence-corrected chi connectivity index (χ2v) is 4.33. The summed E-state index contributed by atoms with van der Waals surface area (Å²) in [7, 11) is 0. The maximum Gasteiger partial charge on any atom is 0.136 e. The van der Waals surface area contributed by atoms with Gasteiger partial charge in [0.05, 0.1) is 13.2 Å². The van der Waals surface area contributed by atoms with E-state index in [0.29, 0.717) is 13.2 Å². The number of aliphatic hydroxyl groups is 1. The zero-order chi connectivity index (χ0) is 10.3. The molecule has 0 unspecified atom stereocenters. The molecule has 0 saturated carbocycles. The van der Waals surface area contributed by atoms with Crippen molar-refractivity contribution < 1.29 is 9.84 Å². The van der Waals surface area contributed by atoms with Crippen LogP contribution in [-0.4, -0.2) is 18.3 Å². The summed E-state index contributed by atoms with van der Waals surface area (Å²) >= 11 is 6.05. The van der Waals surface area contributed by atoms with Crippen LogP contribution in [0.2, 0.25) is 5.02 Å². The first kappa shape index (κ1) is 9.97. The molecule has 0 aromatic heterocycles. The Morgan fingerprint density at radius 1 is 1.29 bits per heavy atom. The highest BCUT2D eigenvalue weighted by Crippen LogP contribution is 2.33. The van der Waals surface area contributed by atoms with Crippen LogP contribution in [0.1, 0.15) is 16.7 Å². The number of ether oxygens (including phenoxy) is 1. The Labute approximate surface area is 88.5 Å². The zero-order valence-corrected chi connectivity index (χ0v) is 9.06. The van der Waals surface area contributed by atoms with Gasteiger partial charge in [-0.1, -0.05) is 23.7 Å². The van der Waals surface area contributed by atoms with Gasteiger partial charge in [0.25, 0.3) is 0 Å². The van der Waals surface area contributed by atoms with E-state index in [1.807, 2.05) is 26.0 Å². The molecule has 0 bridgehead atoms. The summed E-state index contributed by atoms with van der Waals surface area (Å²) in [5.41, 5.74) is 2.12. The van der Waals surface area contributed by atoms with Crippen molar-refractivity contribution in [1.29, 1.82) is 0 Å². The van der Waals surface area contributed by atoms with Crippen LogP contribution in [0.15, 0.2) is 12.1 Å². The molecule has 0 radical (unpaired) electrons. The Morgan fingerprint density at radius 3 is 2.14 bits per heavy atom. The molecule has 1 saturated heterocycles. The molecule has 2 nitrogen and oxygen atoms in total. The Kier molecular flexibility index (Phi) is 2.30. The fourth-order valence-electron chi connectivity index (χ4n) is 1.68. The molecule has 0 aliphatic carbocycles. The van der Waals surface area contributed by atoms with Gasteiger partial charge in [0.15, 0.2) is 0 Å². The summed E-state index contributed by atoms with van der Waals surface area (Å²) in [5, 5.41) is 10.8. The molecule has 2 rings (SSSR count). The van der Waals surface area contributed by atoms with E-state index in [0.717, 1.165) is 21.7 Å². The third-order valence-electron chi connectivity index (χ3n) is 2.66. The molecule has 1 heterocycles. The number of hydrogen-bond donors (Lipinski definition) is 1. The van der Waals surface area contributed by atoms with Crippen molar-refractivity contribution in [3.63, 3.8) is 0 Å². The summed E-state index contributed by atoms with van der Waals surface area (Å²) in [4.78, 5) is 0. The largest absolute Gasteiger partial charge is 0.380 e. The van der Waals surface area contributed by atoms with Crippen molar-refractivity contribution in [2.45, 2.75) is 19.4 Å². The van der Waals surface area contributed by atoms with Gasteiger partial charge in [0.2, 0.25) is 0 Å². The summed E-state index contributed by atoms with van der Waals surface area (Å²) in [6.07, 6.45) is 0. The molecule has 0 spiro atoms. The van der Waals surface area contributed by atoms with Gasteiger partial charge in [-0.3, -0.25) is 0 Å². The molecule has 0 amide bonds. The van der Waals surface area contributed by atoms with Crippen LogP contribution in [-0.2, 0) is 10.3 Å². The summed E-state index contributed by atoms with van der Waals surface area (Å²) in [6.45, 7) is 4.66. The SMILES string of the molecule is Cc1cc(C2(O)COC2)cc(C)c1Cl. The number of benzene rings is 1. The molecular formula is C11H13ClO2. The van der Waals surface area contributed by atoms with E-state index in [1.165, 1.54) is 0 Å². The highest BCUT2D eigenvalue weighted by atomic mass is 35.5. The van der Waals surface area contributed by atoms with E-state index in [9.17, 15) is 5.11 Å². The van der Waals surface area contributed by atoms with Crippen LogP contribution in [0.3, 0.4) is 0 Å². The third kappa shape index (κ3) is 1.44. The Bertz CT molecular complexity index is 347. The van der Waals surface area contributed by atoms with Crippen LogP contribution in [0.5, 0.6) is 0 Å². The maximum absolute atomic E-state index is 10.1. The van der Waals surface area contributed by atoms with E-state index >= 15 is 0 Å². The Balaban J connectivity index is 2.45. The lowest BCUT2D eigenvalue weighted by molar-refractivity contribution is -0.184. The molecule has 1 aliphatic heterocycles. The lowest BCUT2D eigenvalue weighted by Gasteiger charge is -2.37. The lowest BCUT2D eigenvalue weighted by Crippen LogP contribution is -2.46. The standard InChI is InChI=1S/C11H13ClO2/c1-7-3-9(4-8(2)10(7)12)11(13)5-14-6-11/h3-4,13H,5-6H2,1-2H3. The highest BCUT2D eigenvalue weighted by Gasteiger charge is 2.38. The number of hydrogen-bond acceptors (Lipinski definition) is 2.